The normalized spacial score (nSPS) is 17.1. The number of hydrogen-bond donors (Lipinski definition) is 2. The van der Waals surface area contributed by atoms with Gasteiger partial charge in [-0.05, 0) is 24.2 Å². The lowest BCUT2D eigenvalue weighted by Gasteiger charge is -2.16. The molecular formula is C17H27IN4OS. The molecule has 0 aromatic heterocycles. The first-order chi connectivity index (χ1) is 11.1. The summed E-state index contributed by atoms with van der Waals surface area (Å²) in [6, 6.07) is 10.1. The molecule has 1 aromatic carbocycles. The van der Waals surface area contributed by atoms with Crippen LogP contribution in [0.5, 0.6) is 0 Å². The number of aliphatic imine (C=N–C) groups is 1. The van der Waals surface area contributed by atoms with Crippen molar-refractivity contribution in [3.8, 4) is 0 Å². The van der Waals surface area contributed by atoms with Gasteiger partial charge in [0.1, 0.15) is 0 Å². The van der Waals surface area contributed by atoms with Crippen LogP contribution in [-0.4, -0.2) is 55.0 Å². The summed E-state index contributed by atoms with van der Waals surface area (Å²) >= 11 is 2.01. The summed E-state index contributed by atoms with van der Waals surface area (Å²) in [6.45, 7) is 1.75. The smallest absolute Gasteiger partial charge is 0.241 e. The molecule has 1 amide bonds. The average molecular weight is 462 g/mol. The number of thioether (sulfide) groups is 1. The van der Waals surface area contributed by atoms with Crippen LogP contribution in [0.2, 0.25) is 0 Å². The number of benzene rings is 1. The summed E-state index contributed by atoms with van der Waals surface area (Å²) in [7, 11) is 3.51. The second kappa shape index (κ2) is 11.6. The fourth-order valence-electron chi connectivity index (χ4n) is 2.26. The van der Waals surface area contributed by atoms with Gasteiger partial charge in [-0.2, -0.15) is 11.8 Å². The first-order valence-electron chi connectivity index (χ1n) is 8.03. The zero-order chi connectivity index (χ0) is 16.5. The van der Waals surface area contributed by atoms with Crippen LogP contribution < -0.4 is 10.6 Å². The van der Waals surface area contributed by atoms with E-state index in [4.69, 9.17) is 0 Å². The van der Waals surface area contributed by atoms with Crippen LogP contribution in [0.25, 0.3) is 0 Å². The number of guanidine groups is 1. The van der Waals surface area contributed by atoms with Crippen LogP contribution in [0.1, 0.15) is 18.4 Å². The molecule has 7 heteroatoms. The summed E-state index contributed by atoms with van der Waals surface area (Å²) < 4.78 is 0. The van der Waals surface area contributed by atoms with Crippen molar-refractivity contribution < 1.29 is 4.79 Å². The Labute approximate surface area is 166 Å². The molecule has 1 unspecified atom stereocenters. The maximum absolute atomic E-state index is 11.8. The lowest BCUT2D eigenvalue weighted by Crippen LogP contribution is -2.44. The Morgan fingerprint density at radius 3 is 2.67 bits per heavy atom. The van der Waals surface area contributed by atoms with Crippen LogP contribution in [0, 0.1) is 0 Å². The van der Waals surface area contributed by atoms with E-state index in [0.29, 0.717) is 17.8 Å². The number of carbonyl (C=O) groups is 1. The predicted molar refractivity (Wildman–Crippen MR) is 113 cm³/mol. The first-order valence-corrected chi connectivity index (χ1v) is 9.08. The first kappa shape index (κ1) is 21.1. The molecule has 1 atom stereocenters. The minimum atomic E-state index is 0. The zero-order valence-electron chi connectivity index (χ0n) is 14.3. The summed E-state index contributed by atoms with van der Waals surface area (Å²) in [5.74, 6) is 1.99. The number of nitrogens with zero attached hydrogens (tertiary/aromatic N) is 2. The maximum Gasteiger partial charge on any atom is 0.241 e. The van der Waals surface area contributed by atoms with Crippen LogP contribution in [0.3, 0.4) is 0 Å². The van der Waals surface area contributed by atoms with Gasteiger partial charge in [-0.3, -0.25) is 4.79 Å². The van der Waals surface area contributed by atoms with Crippen LogP contribution in [-0.2, 0) is 11.3 Å². The molecule has 2 rings (SSSR count). The van der Waals surface area contributed by atoms with Gasteiger partial charge in [0.15, 0.2) is 5.96 Å². The van der Waals surface area contributed by atoms with Gasteiger partial charge < -0.3 is 15.5 Å². The number of likely N-dealkylation sites (N-methyl/N-ethyl adjacent to an activating group) is 1. The summed E-state index contributed by atoms with van der Waals surface area (Å²) in [5, 5.41) is 7.15. The van der Waals surface area contributed by atoms with E-state index in [0.717, 1.165) is 12.1 Å². The van der Waals surface area contributed by atoms with Crippen molar-refractivity contribution in [1.29, 1.82) is 0 Å². The molecule has 1 saturated heterocycles. The molecular weight excluding hydrogens is 435 g/mol. The fourth-order valence-corrected chi connectivity index (χ4v) is 3.46. The number of amides is 1. The molecule has 1 heterocycles. The topological polar surface area (TPSA) is 56.7 Å². The molecule has 0 radical (unpaired) electrons. The lowest BCUT2D eigenvalue weighted by molar-refractivity contribution is -0.127. The molecule has 134 valence electrons. The third kappa shape index (κ3) is 7.74. The quantitative estimate of drug-likeness (QED) is 0.387. The minimum absolute atomic E-state index is 0. The second-order valence-corrected chi connectivity index (χ2v) is 7.22. The van der Waals surface area contributed by atoms with Crippen molar-refractivity contribution in [1.82, 2.24) is 15.5 Å². The van der Waals surface area contributed by atoms with E-state index in [1.165, 1.54) is 18.6 Å². The van der Waals surface area contributed by atoms with Crippen LogP contribution in [0.4, 0.5) is 0 Å². The largest absolute Gasteiger partial charge is 0.355 e. The Balaban J connectivity index is 0.00000288. The molecule has 0 bridgehead atoms. The standard InChI is InChI=1S/C17H26N4OS.HI/c1-21(2)16(22)13-20-17(19-12-15-9-6-10-23-15)18-11-14-7-4-3-5-8-14;/h3-5,7-8,15H,6,9-13H2,1-2H3,(H2,18,19,20);1H. The van der Waals surface area contributed by atoms with Gasteiger partial charge in [0, 0.05) is 25.9 Å². The summed E-state index contributed by atoms with van der Waals surface area (Å²) in [6.07, 6.45) is 2.54. The van der Waals surface area contributed by atoms with E-state index in [1.54, 1.807) is 19.0 Å². The SMILES string of the molecule is CN(C)C(=O)CNC(=NCc1ccccc1)NCC1CCCS1.I. The zero-order valence-corrected chi connectivity index (χ0v) is 17.5. The Kier molecular flexibility index (Phi) is 10.2. The number of rotatable bonds is 6. The molecule has 24 heavy (non-hydrogen) atoms. The van der Waals surface area contributed by atoms with E-state index < -0.39 is 0 Å². The summed E-state index contributed by atoms with van der Waals surface area (Å²) in [4.78, 5) is 17.9. The van der Waals surface area contributed by atoms with Crippen molar-refractivity contribution in [2.45, 2.75) is 24.6 Å². The van der Waals surface area contributed by atoms with Gasteiger partial charge in [-0.15, -0.1) is 24.0 Å². The third-order valence-electron chi connectivity index (χ3n) is 3.69. The van der Waals surface area contributed by atoms with Crippen molar-refractivity contribution >= 4 is 47.6 Å². The van der Waals surface area contributed by atoms with E-state index in [1.807, 2.05) is 30.0 Å². The Hall–Kier alpha value is -0.960. The van der Waals surface area contributed by atoms with Crippen LogP contribution >= 0.6 is 35.7 Å². The predicted octanol–water partition coefficient (Wildman–Crippen LogP) is 2.32. The van der Waals surface area contributed by atoms with Crippen LogP contribution in [0.15, 0.2) is 35.3 Å². The highest BCUT2D eigenvalue weighted by atomic mass is 127. The average Bonchev–Trinajstić information content (AvgIpc) is 3.08. The lowest BCUT2D eigenvalue weighted by atomic mass is 10.2. The van der Waals surface area contributed by atoms with Gasteiger partial charge in [0.2, 0.25) is 5.91 Å². The van der Waals surface area contributed by atoms with Crippen molar-refractivity contribution in [3.05, 3.63) is 35.9 Å². The monoisotopic (exact) mass is 462 g/mol. The number of hydrogen-bond acceptors (Lipinski definition) is 3. The van der Waals surface area contributed by atoms with Crippen molar-refractivity contribution in [2.24, 2.45) is 4.99 Å². The highest BCUT2D eigenvalue weighted by Crippen LogP contribution is 2.25. The van der Waals surface area contributed by atoms with Gasteiger partial charge in [-0.1, -0.05) is 30.3 Å². The van der Waals surface area contributed by atoms with E-state index >= 15 is 0 Å². The van der Waals surface area contributed by atoms with Gasteiger partial charge >= 0.3 is 0 Å². The molecule has 5 nitrogen and oxygen atoms in total. The minimum Gasteiger partial charge on any atom is -0.355 e. The molecule has 1 aliphatic heterocycles. The molecule has 2 N–H and O–H groups in total. The van der Waals surface area contributed by atoms with Gasteiger partial charge in [0.05, 0.1) is 13.1 Å². The Morgan fingerprint density at radius 2 is 2.04 bits per heavy atom. The third-order valence-corrected chi connectivity index (χ3v) is 5.09. The Bertz CT molecular complexity index is 519. The number of nitrogens with one attached hydrogen (secondary N) is 2. The number of halogens is 1. The highest BCUT2D eigenvalue weighted by Gasteiger charge is 2.16. The molecule has 0 aliphatic carbocycles. The highest BCUT2D eigenvalue weighted by molar-refractivity contribution is 14.0. The van der Waals surface area contributed by atoms with Gasteiger partial charge in [0.25, 0.3) is 0 Å². The fraction of sp³-hybridized carbons (Fsp3) is 0.529. The Morgan fingerprint density at radius 1 is 1.29 bits per heavy atom. The molecule has 1 fully saturated rings. The van der Waals surface area contributed by atoms with Crippen molar-refractivity contribution in [2.75, 3.05) is 32.9 Å². The summed E-state index contributed by atoms with van der Waals surface area (Å²) in [5.41, 5.74) is 1.16. The van der Waals surface area contributed by atoms with Crippen molar-refractivity contribution in [3.63, 3.8) is 0 Å². The molecule has 0 saturated carbocycles. The van der Waals surface area contributed by atoms with E-state index in [9.17, 15) is 4.79 Å². The molecule has 1 aliphatic rings. The number of carbonyl (C=O) groups excluding carboxylic acids is 1. The molecule has 0 spiro atoms. The van der Waals surface area contributed by atoms with Gasteiger partial charge in [-0.25, -0.2) is 4.99 Å². The molecule has 1 aromatic rings. The maximum atomic E-state index is 11.8. The second-order valence-electron chi connectivity index (χ2n) is 5.81. The van der Waals surface area contributed by atoms with E-state index in [-0.39, 0.29) is 36.4 Å². The van der Waals surface area contributed by atoms with E-state index in [2.05, 4.69) is 27.8 Å².